The highest BCUT2D eigenvalue weighted by Gasteiger charge is 2.11. The van der Waals surface area contributed by atoms with E-state index in [1.54, 1.807) is 12.3 Å². The van der Waals surface area contributed by atoms with Gasteiger partial charge in [-0.15, -0.1) is 0 Å². The van der Waals surface area contributed by atoms with Crippen LogP contribution >= 0.6 is 0 Å². The average Bonchev–Trinajstić information content (AvgIpc) is 2.64. The quantitative estimate of drug-likeness (QED) is 0.842. The average molecular weight is 219 g/mol. The molecular weight excluding hydrogens is 205 g/mol. The van der Waals surface area contributed by atoms with Crippen LogP contribution in [0.25, 0.3) is 5.69 Å². The predicted octanol–water partition coefficient (Wildman–Crippen LogP) is 2.34. The Morgan fingerprint density at radius 1 is 1.44 bits per heavy atom. The van der Waals surface area contributed by atoms with E-state index in [1.165, 1.54) is 12.1 Å². The summed E-state index contributed by atoms with van der Waals surface area (Å²) in [5, 5.41) is 0. The molecule has 0 spiro atoms. The fourth-order valence-electron chi connectivity index (χ4n) is 1.74. The Bertz CT molecular complexity index is 503. The second-order valence-corrected chi connectivity index (χ2v) is 3.84. The number of aryl methyl sites for hydroxylation is 1. The van der Waals surface area contributed by atoms with Gasteiger partial charge < -0.3 is 10.3 Å². The number of hydrogen-bond acceptors (Lipinski definition) is 2. The van der Waals surface area contributed by atoms with E-state index in [0.29, 0.717) is 0 Å². The molecule has 0 saturated carbocycles. The minimum absolute atomic E-state index is 0.215. The van der Waals surface area contributed by atoms with Gasteiger partial charge in [-0.05, 0) is 37.6 Å². The van der Waals surface area contributed by atoms with Crippen LogP contribution in [0.2, 0.25) is 0 Å². The molecule has 0 aliphatic heterocycles. The zero-order valence-electron chi connectivity index (χ0n) is 9.31. The summed E-state index contributed by atoms with van der Waals surface area (Å²) >= 11 is 0. The van der Waals surface area contributed by atoms with E-state index in [-0.39, 0.29) is 11.9 Å². The van der Waals surface area contributed by atoms with Crippen LogP contribution in [-0.2, 0) is 0 Å². The summed E-state index contributed by atoms with van der Waals surface area (Å²) in [7, 11) is 0. The van der Waals surface area contributed by atoms with Gasteiger partial charge in [0.2, 0.25) is 0 Å². The predicted molar refractivity (Wildman–Crippen MR) is 60.9 cm³/mol. The van der Waals surface area contributed by atoms with Crippen molar-refractivity contribution in [2.75, 3.05) is 0 Å². The summed E-state index contributed by atoms with van der Waals surface area (Å²) in [5.41, 5.74) is 7.50. The molecule has 1 heterocycles. The molecule has 4 heteroatoms. The molecule has 1 aromatic carbocycles. The summed E-state index contributed by atoms with van der Waals surface area (Å²) in [6.07, 6.45) is 3.55. The Morgan fingerprint density at radius 2 is 2.19 bits per heavy atom. The fourth-order valence-corrected chi connectivity index (χ4v) is 1.74. The van der Waals surface area contributed by atoms with E-state index in [4.69, 9.17) is 5.73 Å². The van der Waals surface area contributed by atoms with Crippen molar-refractivity contribution in [3.63, 3.8) is 0 Å². The standard InChI is InChI=1S/C12H14FN3/c1-8(14)11-7-10(13)3-4-12(11)16-6-5-15-9(16)2/h3-8H,14H2,1-2H3/t8-/m0/s1. The third-order valence-electron chi connectivity index (χ3n) is 2.57. The lowest BCUT2D eigenvalue weighted by Crippen LogP contribution is -2.10. The topological polar surface area (TPSA) is 43.8 Å². The number of aromatic nitrogens is 2. The van der Waals surface area contributed by atoms with Crippen LogP contribution in [0.1, 0.15) is 24.4 Å². The van der Waals surface area contributed by atoms with Crippen molar-refractivity contribution in [3.8, 4) is 5.69 Å². The molecule has 84 valence electrons. The Hall–Kier alpha value is -1.68. The van der Waals surface area contributed by atoms with Crippen LogP contribution in [0.4, 0.5) is 4.39 Å². The third kappa shape index (κ3) is 1.84. The number of imidazole rings is 1. The molecule has 1 atom stereocenters. The van der Waals surface area contributed by atoms with Crippen molar-refractivity contribution in [1.29, 1.82) is 0 Å². The zero-order valence-corrected chi connectivity index (χ0v) is 9.31. The van der Waals surface area contributed by atoms with Gasteiger partial charge in [-0.25, -0.2) is 9.37 Å². The SMILES string of the molecule is Cc1nccn1-c1ccc(F)cc1[C@H](C)N. The summed E-state index contributed by atoms with van der Waals surface area (Å²) < 4.78 is 15.1. The summed E-state index contributed by atoms with van der Waals surface area (Å²) in [4.78, 5) is 4.14. The number of benzene rings is 1. The lowest BCUT2D eigenvalue weighted by molar-refractivity contribution is 0.621. The molecule has 2 aromatic rings. The molecule has 3 nitrogen and oxygen atoms in total. The highest BCUT2D eigenvalue weighted by molar-refractivity contribution is 5.44. The lowest BCUT2D eigenvalue weighted by atomic mass is 10.1. The first-order chi connectivity index (χ1) is 7.59. The number of hydrogen-bond donors (Lipinski definition) is 1. The lowest BCUT2D eigenvalue weighted by Gasteiger charge is -2.14. The number of nitrogens with zero attached hydrogens (tertiary/aromatic N) is 2. The second-order valence-electron chi connectivity index (χ2n) is 3.84. The molecule has 16 heavy (non-hydrogen) atoms. The van der Waals surface area contributed by atoms with Crippen LogP contribution in [0.15, 0.2) is 30.6 Å². The summed E-state index contributed by atoms with van der Waals surface area (Å²) in [6.45, 7) is 3.73. The second kappa shape index (κ2) is 4.06. The van der Waals surface area contributed by atoms with Gasteiger partial charge in [0.15, 0.2) is 0 Å². The smallest absolute Gasteiger partial charge is 0.123 e. The van der Waals surface area contributed by atoms with Gasteiger partial charge >= 0.3 is 0 Å². The van der Waals surface area contributed by atoms with Gasteiger partial charge in [0, 0.05) is 18.4 Å². The van der Waals surface area contributed by atoms with Crippen LogP contribution < -0.4 is 5.73 Å². The molecule has 0 bridgehead atoms. The molecule has 1 aromatic heterocycles. The molecule has 0 fully saturated rings. The molecule has 2 rings (SSSR count). The van der Waals surface area contributed by atoms with Gasteiger partial charge in [-0.2, -0.15) is 0 Å². The first kappa shape index (κ1) is 10.8. The third-order valence-corrected chi connectivity index (χ3v) is 2.57. The maximum atomic E-state index is 13.2. The Labute approximate surface area is 93.7 Å². The Morgan fingerprint density at radius 3 is 2.75 bits per heavy atom. The van der Waals surface area contributed by atoms with Crippen LogP contribution in [-0.4, -0.2) is 9.55 Å². The monoisotopic (exact) mass is 219 g/mol. The Balaban J connectivity index is 2.61. The van der Waals surface area contributed by atoms with Crippen molar-refractivity contribution < 1.29 is 4.39 Å². The summed E-state index contributed by atoms with van der Waals surface area (Å²) in [6, 6.07) is 4.41. The maximum absolute atomic E-state index is 13.2. The number of nitrogens with two attached hydrogens (primary N) is 1. The Kier molecular flexibility index (Phi) is 2.75. The first-order valence-electron chi connectivity index (χ1n) is 5.15. The number of halogens is 1. The van der Waals surface area contributed by atoms with Gasteiger partial charge in [0.25, 0.3) is 0 Å². The van der Waals surface area contributed by atoms with E-state index in [0.717, 1.165) is 17.1 Å². The van der Waals surface area contributed by atoms with Crippen molar-refractivity contribution >= 4 is 0 Å². The van der Waals surface area contributed by atoms with Gasteiger partial charge in [0.1, 0.15) is 11.6 Å². The molecular formula is C12H14FN3. The van der Waals surface area contributed by atoms with Crippen LogP contribution in [0.5, 0.6) is 0 Å². The van der Waals surface area contributed by atoms with Crippen molar-refractivity contribution in [2.24, 2.45) is 5.73 Å². The minimum atomic E-state index is -0.270. The van der Waals surface area contributed by atoms with E-state index >= 15 is 0 Å². The minimum Gasteiger partial charge on any atom is -0.324 e. The molecule has 0 amide bonds. The number of rotatable bonds is 2. The van der Waals surface area contributed by atoms with Crippen molar-refractivity contribution in [1.82, 2.24) is 9.55 Å². The van der Waals surface area contributed by atoms with Crippen molar-refractivity contribution in [3.05, 3.63) is 47.8 Å². The van der Waals surface area contributed by atoms with Gasteiger partial charge in [0.05, 0.1) is 5.69 Å². The fraction of sp³-hybridized carbons (Fsp3) is 0.250. The van der Waals surface area contributed by atoms with Gasteiger partial charge in [-0.1, -0.05) is 0 Å². The van der Waals surface area contributed by atoms with E-state index in [9.17, 15) is 4.39 Å². The van der Waals surface area contributed by atoms with Gasteiger partial charge in [-0.3, -0.25) is 0 Å². The summed E-state index contributed by atoms with van der Waals surface area (Å²) in [5.74, 6) is 0.585. The van der Waals surface area contributed by atoms with Crippen molar-refractivity contribution in [2.45, 2.75) is 19.9 Å². The van der Waals surface area contributed by atoms with Crippen LogP contribution in [0, 0.1) is 12.7 Å². The highest BCUT2D eigenvalue weighted by Crippen LogP contribution is 2.22. The van der Waals surface area contributed by atoms with E-state index < -0.39 is 0 Å². The largest absolute Gasteiger partial charge is 0.324 e. The first-order valence-corrected chi connectivity index (χ1v) is 5.15. The van der Waals surface area contributed by atoms with E-state index in [2.05, 4.69) is 4.98 Å². The molecule has 0 radical (unpaired) electrons. The molecule has 0 unspecified atom stereocenters. The highest BCUT2D eigenvalue weighted by atomic mass is 19.1. The maximum Gasteiger partial charge on any atom is 0.123 e. The molecule has 0 aliphatic rings. The molecule has 0 saturated heterocycles. The molecule has 2 N–H and O–H groups in total. The van der Waals surface area contributed by atoms with E-state index in [1.807, 2.05) is 24.6 Å². The molecule has 0 aliphatic carbocycles. The zero-order chi connectivity index (χ0) is 11.7. The van der Waals surface area contributed by atoms with Crippen LogP contribution in [0.3, 0.4) is 0 Å². The normalized spacial score (nSPS) is 12.8.